The Bertz CT molecular complexity index is 1180. The highest BCUT2D eigenvalue weighted by molar-refractivity contribution is 5.76. The van der Waals surface area contributed by atoms with Crippen LogP contribution in [0.1, 0.15) is 264 Å². The number of allylic oxidation sites excluding steroid dienone is 3. The van der Waals surface area contributed by atoms with Gasteiger partial charge in [0.1, 0.15) is 24.4 Å². The first kappa shape index (κ1) is 64.2. The summed E-state index contributed by atoms with van der Waals surface area (Å²) in [6.07, 6.45) is 45.6. The minimum Gasteiger partial charge on any atom is -0.466 e. The maximum atomic E-state index is 13.0. The van der Waals surface area contributed by atoms with Crippen LogP contribution in [0.4, 0.5) is 0 Å². The fraction of sp³-hybridized carbons (Fsp3) is 0.895. The number of carbonyl (C=O) groups is 2. The summed E-state index contributed by atoms with van der Waals surface area (Å²) in [5, 5.41) is 54.2. The third-order valence-electron chi connectivity index (χ3n) is 13.6. The highest BCUT2D eigenvalue weighted by atomic mass is 16.7. The molecule has 0 bridgehead atoms. The Kier molecular flexibility index (Phi) is 44.8. The van der Waals surface area contributed by atoms with Gasteiger partial charge >= 0.3 is 5.97 Å². The molecule has 1 heterocycles. The predicted molar refractivity (Wildman–Crippen MR) is 278 cm³/mol. The van der Waals surface area contributed by atoms with Crippen LogP contribution < -0.4 is 5.32 Å². The molecule has 1 saturated heterocycles. The van der Waals surface area contributed by atoms with Gasteiger partial charge in [0.25, 0.3) is 0 Å². The van der Waals surface area contributed by atoms with Crippen LogP contribution in [-0.4, -0.2) is 100 Å². The molecule has 1 rings (SSSR count). The molecule has 0 aromatic carbocycles. The third kappa shape index (κ3) is 37.0. The summed E-state index contributed by atoms with van der Waals surface area (Å²) < 4.78 is 16.7. The third-order valence-corrected chi connectivity index (χ3v) is 13.6. The van der Waals surface area contributed by atoms with Crippen molar-refractivity contribution in [2.75, 3.05) is 19.8 Å². The molecule has 68 heavy (non-hydrogen) atoms. The molecular weight excluding hydrogens is 859 g/mol. The average Bonchev–Trinajstić information content (AvgIpc) is 3.33. The molecule has 0 aromatic rings. The smallest absolute Gasteiger partial charge is 0.305 e. The van der Waals surface area contributed by atoms with Crippen molar-refractivity contribution in [2.45, 2.75) is 307 Å². The number of carbonyl (C=O) groups excluding carboxylic acids is 2. The number of nitrogens with one attached hydrogen (secondary N) is 1. The lowest BCUT2D eigenvalue weighted by molar-refractivity contribution is -0.302. The van der Waals surface area contributed by atoms with Crippen LogP contribution in [0, 0.1) is 0 Å². The van der Waals surface area contributed by atoms with Gasteiger partial charge in [0.15, 0.2) is 6.29 Å². The van der Waals surface area contributed by atoms with Crippen LogP contribution in [0.15, 0.2) is 24.3 Å². The number of esters is 1. The monoisotopic (exact) mass is 966 g/mol. The Hall–Kier alpha value is -1.86. The molecule has 0 radical (unpaired) electrons. The van der Waals surface area contributed by atoms with Gasteiger partial charge in [-0.3, -0.25) is 9.59 Å². The summed E-state index contributed by atoms with van der Waals surface area (Å²) in [6, 6.07) is -0.828. The van der Waals surface area contributed by atoms with Crippen molar-refractivity contribution in [1.29, 1.82) is 0 Å². The van der Waals surface area contributed by atoms with Crippen molar-refractivity contribution >= 4 is 11.9 Å². The lowest BCUT2D eigenvalue weighted by atomic mass is 9.99. The number of ether oxygens (including phenoxy) is 3. The fourth-order valence-electron chi connectivity index (χ4n) is 8.98. The van der Waals surface area contributed by atoms with Crippen LogP contribution in [0.25, 0.3) is 0 Å². The van der Waals surface area contributed by atoms with E-state index in [2.05, 4.69) is 31.3 Å². The van der Waals surface area contributed by atoms with Gasteiger partial charge in [0, 0.05) is 12.8 Å². The molecule has 1 aliphatic heterocycles. The van der Waals surface area contributed by atoms with E-state index in [4.69, 9.17) is 14.2 Å². The van der Waals surface area contributed by atoms with E-state index in [1.54, 1.807) is 6.08 Å². The average molecular weight is 966 g/mol. The zero-order valence-electron chi connectivity index (χ0n) is 43.8. The number of amides is 1. The minimum atomic E-state index is -1.58. The van der Waals surface area contributed by atoms with Crippen molar-refractivity contribution in [1.82, 2.24) is 5.32 Å². The number of unbranched alkanes of at least 4 members (excludes halogenated alkanes) is 33. The largest absolute Gasteiger partial charge is 0.466 e. The van der Waals surface area contributed by atoms with E-state index in [-0.39, 0.29) is 18.5 Å². The molecular formula is C57H107NO10. The fourth-order valence-corrected chi connectivity index (χ4v) is 8.98. The predicted octanol–water partition coefficient (Wildman–Crippen LogP) is 12.6. The molecule has 11 nitrogen and oxygen atoms in total. The van der Waals surface area contributed by atoms with Crippen molar-refractivity contribution in [2.24, 2.45) is 0 Å². The SMILES string of the molecule is CCCCCC/C=C/CC/C=C/C(O)C(COC1OC(CO)C(O)C(O)C1O)NC(=O)CCCCCCCCCCCCCCCCCCCCCOC(=O)CCCCCCCCCCCCC. The summed E-state index contributed by atoms with van der Waals surface area (Å²) in [4.78, 5) is 25.0. The number of aliphatic hydroxyl groups excluding tert-OH is 5. The number of aliphatic hydroxyl groups is 5. The van der Waals surface area contributed by atoms with E-state index in [0.29, 0.717) is 19.4 Å². The molecule has 6 N–H and O–H groups in total. The molecule has 0 saturated carbocycles. The van der Waals surface area contributed by atoms with Gasteiger partial charge in [0.2, 0.25) is 5.91 Å². The summed E-state index contributed by atoms with van der Waals surface area (Å²) in [5.74, 6) is -0.203. The maximum Gasteiger partial charge on any atom is 0.305 e. The number of rotatable bonds is 49. The summed E-state index contributed by atoms with van der Waals surface area (Å²) in [5.41, 5.74) is 0. The quantitative estimate of drug-likeness (QED) is 0.0196. The van der Waals surface area contributed by atoms with Crippen molar-refractivity contribution in [3.05, 3.63) is 24.3 Å². The second-order valence-electron chi connectivity index (χ2n) is 20.0. The topological polar surface area (TPSA) is 175 Å². The Balaban J connectivity index is 2.06. The van der Waals surface area contributed by atoms with Gasteiger partial charge in [-0.1, -0.05) is 231 Å². The zero-order chi connectivity index (χ0) is 49.6. The van der Waals surface area contributed by atoms with Gasteiger partial charge < -0.3 is 45.1 Å². The van der Waals surface area contributed by atoms with Gasteiger partial charge in [-0.05, 0) is 44.9 Å². The number of hydrogen-bond acceptors (Lipinski definition) is 10. The Morgan fingerprint density at radius 3 is 1.46 bits per heavy atom. The second-order valence-corrected chi connectivity index (χ2v) is 20.0. The van der Waals surface area contributed by atoms with Gasteiger partial charge in [-0.15, -0.1) is 0 Å². The first-order valence-corrected chi connectivity index (χ1v) is 28.6. The molecule has 0 aromatic heterocycles. The molecule has 0 aliphatic carbocycles. The lowest BCUT2D eigenvalue weighted by Crippen LogP contribution is -2.60. The van der Waals surface area contributed by atoms with Gasteiger partial charge in [-0.2, -0.15) is 0 Å². The molecule has 11 heteroatoms. The van der Waals surface area contributed by atoms with E-state index in [1.807, 2.05) is 6.08 Å². The van der Waals surface area contributed by atoms with Gasteiger partial charge in [-0.25, -0.2) is 0 Å². The highest BCUT2D eigenvalue weighted by Gasteiger charge is 2.44. The normalized spacial score (nSPS) is 19.5. The van der Waals surface area contributed by atoms with Crippen LogP contribution in [-0.2, 0) is 23.8 Å². The molecule has 7 atom stereocenters. The van der Waals surface area contributed by atoms with Crippen molar-refractivity contribution in [3.8, 4) is 0 Å². The standard InChI is InChI=1S/C57H107NO10/c1-3-5-7-9-11-13-24-29-33-37-41-45-53(62)66-46-42-38-34-30-26-23-21-19-17-15-16-18-20-22-25-28-32-36-40-44-52(61)58-49(48-67-57-56(65)55(64)54(63)51(47-59)68-57)50(60)43-39-35-31-27-14-12-10-8-6-4-2/h14,27,39,43,49-51,54-57,59-60,63-65H,3-13,15-26,28-38,40-42,44-48H2,1-2H3,(H,58,61)/b27-14+,43-39+. The van der Waals surface area contributed by atoms with Crippen LogP contribution >= 0.6 is 0 Å². The Morgan fingerprint density at radius 1 is 0.529 bits per heavy atom. The van der Waals surface area contributed by atoms with Crippen molar-refractivity contribution in [3.63, 3.8) is 0 Å². The first-order valence-electron chi connectivity index (χ1n) is 28.6. The van der Waals surface area contributed by atoms with E-state index >= 15 is 0 Å². The van der Waals surface area contributed by atoms with Crippen LogP contribution in [0.3, 0.4) is 0 Å². The summed E-state index contributed by atoms with van der Waals surface area (Å²) in [6.45, 7) is 4.28. The molecule has 1 aliphatic rings. The Morgan fingerprint density at radius 2 is 0.956 bits per heavy atom. The summed E-state index contributed by atoms with van der Waals surface area (Å²) in [7, 11) is 0. The minimum absolute atomic E-state index is 0.00683. The molecule has 0 spiro atoms. The first-order chi connectivity index (χ1) is 33.2. The zero-order valence-corrected chi connectivity index (χ0v) is 43.8. The maximum absolute atomic E-state index is 13.0. The molecule has 7 unspecified atom stereocenters. The van der Waals surface area contributed by atoms with E-state index in [1.165, 1.54) is 173 Å². The van der Waals surface area contributed by atoms with E-state index < -0.39 is 49.5 Å². The summed E-state index contributed by atoms with van der Waals surface area (Å²) >= 11 is 0. The molecule has 1 amide bonds. The van der Waals surface area contributed by atoms with E-state index in [9.17, 15) is 35.1 Å². The molecule has 400 valence electrons. The van der Waals surface area contributed by atoms with Crippen LogP contribution in [0.2, 0.25) is 0 Å². The van der Waals surface area contributed by atoms with Crippen LogP contribution in [0.5, 0.6) is 0 Å². The highest BCUT2D eigenvalue weighted by Crippen LogP contribution is 2.23. The molecule has 1 fully saturated rings. The lowest BCUT2D eigenvalue weighted by Gasteiger charge is -2.40. The van der Waals surface area contributed by atoms with Crippen molar-refractivity contribution < 1.29 is 49.3 Å². The second kappa shape index (κ2) is 47.5. The Labute approximate surface area is 416 Å². The number of hydrogen-bond donors (Lipinski definition) is 6. The van der Waals surface area contributed by atoms with Gasteiger partial charge in [0.05, 0.1) is 32.0 Å². The van der Waals surface area contributed by atoms with E-state index in [0.717, 1.165) is 64.2 Å².